The molecule has 7 nitrogen and oxygen atoms in total. The summed E-state index contributed by atoms with van der Waals surface area (Å²) in [6.07, 6.45) is -0.521. The fourth-order valence-electron chi connectivity index (χ4n) is 2.61. The first kappa shape index (κ1) is 18.7. The van der Waals surface area contributed by atoms with Crippen LogP contribution in [0.15, 0.2) is 0 Å². The van der Waals surface area contributed by atoms with Crippen LogP contribution in [0.1, 0.15) is 48.0 Å². The molecule has 0 aliphatic carbocycles. The van der Waals surface area contributed by atoms with Gasteiger partial charge in [-0.1, -0.05) is 0 Å². The van der Waals surface area contributed by atoms with Gasteiger partial charge in [-0.25, -0.2) is 4.79 Å². The molecule has 0 aromatic carbocycles. The molecule has 0 unspecified atom stereocenters. The topological polar surface area (TPSA) is 88.1 Å². The first-order valence-electron chi connectivity index (χ1n) is 7.53. The van der Waals surface area contributed by atoms with Crippen LogP contribution in [-0.4, -0.2) is 58.6 Å². The molecule has 0 radical (unpaired) electrons. The zero-order valence-corrected chi connectivity index (χ0v) is 14.3. The Morgan fingerprint density at radius 2 is 1.95 bits per heavy atom. The molecule has 2 atom stereocenters. The lowest BCUT2D eigenvalue weighted by Crippen LogP contribution is -2.51. The highest BCUT2D eigenvalue weighted by Gasteiger charge is 2.50. The molecule has 1 fully saturated rings. The van der Waals surface area contributed by atoms with Gasteiger partial charge in [-0.2, -0.15) is 0 Å². The SMILES string of the molecule is CC(=O)NC[C@H]1OC(C)(C)N(C(=O)OC(C)(C)C)[C@@H]1CCO. The van der Waals surface area contributed by atoms with Gasteiger partial charge in [0, 0.05) is 20.1 Å². The molecule has 1 heterocycles. The molecule has 2 N–H and O–H groups in total. The zero-order chi connectivity index (χ0) is 17.1. The Labute approximate surface area is 131 Å². The van der Waals surface area contributed by atoms with E-state index in [1.54, 1.807) is 34.6 Å². The molecule has 22 heavy (non-hydrogen) atoms. The summed E-state index contributed by atoms with van der Waals surface area (Å²) < 4.78 is 11.4. The van der Waals surface area contributed by atoms with Crippen molar-refractivity contribution in [3.63, 3.8) is 0 Å². The van der Waals surface area contributed by atoms with Crippen molar-refractivity contribution in [1.29, 1.82) is 0 Å². The van der Waals surface area contributed by atoms with Gasteiger partial charge in [-0.05, 0) is 41.0 Å². The minimum atomic E-state index is -0.870. The maximum atomic E-state index is 12.5. The van der Waals surface area contributed by atoms with Gasteiger partial charge in [0.25, 0.3) is 0 Å². The molecule has 1 rings (SSSR count). The van der Waals surface area contributed by atoms with E-state index in [0.717, 1.165) is 0 Å². The van der Waals surface area contributed by atoms with Crippen LogP contribution in [-0.2, 0) is 14.3 Å². The molecule has 1 saturated heterocycles. The van der Waals surface area contributed by atoms with Gasteiger partial charge in [0.1, 0.15) is 11.3 Å². The lowest BCUT2D eigenvalue weighted by atomic mass is 10.1. The molecule has 1 aliphatic heterocycles. The predicted octanol–water partition coefficient (Wildman–Crippen LogP) is 1.25. The molecule has 128 valence electrons. The van der Waals surface area contributed by atoms with Crippen LogP contribution in [0.3, 0.4) is 0 Å². The van der Waals surface area contributed by atoms with Crippen LogP contribution in [0, 0.1) is 0 Å². The number of ether oxygens (including phenoxy) is 2. The molecule has 7 heteroatoms. The number of rotatable bonds is 4. The quantitative estimate of drug-likeness (QED) is 0.815. The summed E-state index contributed by atoms with van der Waals surface area (Å²) in [5.74, 6) is -0.167. The molecule has 0 saturated carbocycles. The van der Waals surface area contributed by atoms with Crippen LogP contribution in [0.25, 0.3) is 0 Å². The Morgan fingerprint density at radius 3 is 2.41 bits per heavy atom. The second-order valence-corrected chi connectivity index (χ2v) is 6.97. The van der Waals surface area contributed by atoms with Crippen molar-refractivity contribution in [3.05, 3.63) is 0 Å². The summed E-state index contributed by atoms with van der Waals surface area (Å²) in [5, 5.41) is 12.0. The van der Waals surface area contributed by atoms with Crippen LogP contribution < -0.4 is 5.32 Å². The van der Waals surface area contributed by atoms with Gasteiger partial charge in [0.05, 0.1) is 12.1 Å². The number of amides is 2. The maximum Gasteiger partial charge on any atom is 0.412 e. The van der Waals surface area contributed by atoms with Crippen molar-refractivity contribution >= 4 is 12.0 Å². The average molecular weight is 316 g/mol. The molecule has 0 bridgehead atoms. The van der Waals surface area contributed by atoms with Crippen molar-refractivity contribution in [1.82, 2.24) is 10.2 Å². The summed E-state index contributed by atoms with van der Waals surface area (Å²) in [4.78, 5) is 25.1. The number of nitrogens with zero attached hydrogens (tertiary/aromatic N) is 1. The predicted molar refractivity (Wildman–Crippen MR) is 81.2 cm³/mol. The summed E-state index contributed by atoms with van der Waals surface area (Å²) >= 11 is 0. The van der Waals surface area contributed by atoms with Crippen LogP contribution in [0.5, 0.6) is 0 Å². The van der Waals surface area contributed by atoms with E-state index < -0.39 is 23.5 Å². The van der Waals surface area contributed by atoms with Gasteiger partial charge in [-0.3, -0.25) is 9.69 Å². The normalized spacial score (nSPS) is 24.2. The van der Waals surface area contributed by atoms with Crippen molar-refractivity contribution in [2.75, 3.05) is 13.2 Å². The molecule has 1 aliphatic rings. The van der Waals surface area contributed by atoms with Gasteiger partial charge in [0.15, 0.2) is 0 Å². The van der Waals surface area contributed by atoms with Crippen LogP contribution in [0.4, 0.5) is 4.79 Å². The average Bonchev–Trinajstić information content (AvgIpc) is 2.56. The first-order chi connectivity index (χ1) is 9.98. The highest BCUT2D eigenvalue weighted by molar-refractivity contribution is 5.73. The van der Waals surface area contributed by atoms with Crippen LogP contribution in [0.2, 0.25) is 0 Å². The Kier molecular flexibility index (Phi) is 5.81. The van der Waals surface area contributed by atoms with E-state index in [9.17, 15) is 14.7 Å². The lowest BCUT2D eigenvalue weighted by Gasteiger charge is -2.35. The number of hydrogen-bond donors (Lipinski definition) is 2. The Bertz CT molecular complexity index is 417. The molecular weight excluding hydrogens is 288 g/mol. The van der Waals surface area contributed by atoms with E-state index in [1.807, 2.05) is 0 Å². The molecule has 2 amide bonds. The second-order valence-electron chi connectivity index (χ2n) is 6.97. The number of carbonyl (C=O) groups excluding carboxylic acids is 2. The molecule has 0 aromatic heterocycles. The van der Waals surface area contributed by atoms with E-state index in [0.29, 0.717) is 6.42 Å². The van der Waals surface area contributed by atoms with E-state index in [4.69, 9.17) is 9.47 Å². The van der Waals surface area contributed by atoms with Crippen molar-refractivity contribution in [2.24, 2.45) is 0 Å². The summed E-state index contributed by atoms with van der Waals surface area (Å²) in [5.41, 5.74) is -1.49. The van der Waals surface area contributed by atoms with Crippen molar-refractivity contribution in [3.8, 4) is 0 Å². The van der Waals surface area contributed by atoms with Gasteiger partial charge in [-0.15, -0.1) is 0 Å². The smallest absolute Gasteiger partial charge is 0.412 e. The van der Waals surface area contributed by atoms with E-state index >= 15 is 0 Å². The first-order valence-corrected chi connectivity index (χ1v) is 7.53. The Hall–Kier alpha value is -1.34. The van der Waals surface area contributed by atoms with Gasteiger partial charge < -0.3 is 19.9 Å². The third-order valence-corrected chi connectivity index (χ3v) is 3.35. The summed E-state index contributed by atoms with van der Waals surface area (Å²) in [6, 6.07) is -0.360. The van der Waals surface area contributed by atoms with E-state index in [2.05, 4.69) is 5.32 Å². The monoisotopic (exact) mass is 316 g/mol. The van der Waals surface area contributed by atoms with Gasteiger partial charge in [0.2, 0.25) is 5.91 Å². The van der Waals surface area contributed by atoms with Gasteiger partial charge >= 0.3 is 6.09 Å². The number of aliphatic hydroxyl groups excluding tert-OH is 1. The number of carbonyl (C=O) groups is 2. The molecular formula is C15H28N2O5. The third kappa shape index (κ3) is 4.84. The van der Waals surface area contributed by atoms with Crippen LogP contribution >= 0.6 is 0 Å². The fourth-order valence-corrected chi connectivity index (χ4v) is 2.61. The lowest BCUT2D eigenvalue weighted by molar-refractivity contribution is -0.120. The highest BCUT2D eigenvalue weighted by Crippen LogP contribution is 2.34. The van der Waals surface area contributed by atoms with E-state index in [-0.39, 0.29) is 25.1 Å². The Morgan fingerprint density at radius 1 is 1.36 bits per heavy atom. The molecule has 0 spiro atoms. The standard InChI is InChI=1S/C15H28N2O5/c1-10(19)16-9-12-11(7-8-18)17(15(5,6)21-12)13(20)22-14(2,3)4/h11-12,18H,7-9H2,1-6H3,(H,16,19)/t11-,12-/m1/s1. The number of aliphatic hydroxyl groups is 1. The Balaban J connectivity index is 2.95. The largest absolute Gasteiger partial charge is 0.444 e. The van der Waals surface area contributed by atoms with Crippen molar-refractivity contribution < 1.29 is 24.2 Å². The third-order valence-electron chi connectivity index (χ3n) is 3.35. The number of nitrogens with one attached hydrogen (secondary N) is 1. The maximum absolute atomic E-state index is 12.5. The number of hydrogen-bond acceptors (Lipinski definition) is 5. The highest BCUT2D eigenvalue weighted by atomic mass is 16.6. The summed E-state index contributed by atoms with van der Waals surface area (Å²) in [7, 11) is 0. The second kappa shape index (κ2) is 6.83. The van der Waals surface area contributed by atoms with E-state index in [1.165, 1.54) is 11.8 Å². The zero-order valence-electron chi connectivity index (χ0n) is 14.3. The minimum absolute atomic E-state index is 0.0834. The minimum Gasteiger partial charge on any atom is -0.444 e. The fraction of sp³-hybridized carbons (Fsp3) is 0.867. The molecule has 0 aromatic rings. The summed E-state index contributed by atoms with van der Waals surface area (Å²) in [6.45, 7) is 10.6. The van der Waals surface area contributed by atoms with Crippen molar-refractivity contribution in [2.45, 2.75) is 71.4 Å².